The van der Waals surface area contributed by atoms with Crippen molar-refractivity contribution in [2.24, 2.45) is 10.1 Å². The summed E-state index contributed by atoms with van der Waals surface area (Å²) in [5.41, 5.74) is 2.49. The van der Waals surface area contributed by atoms with E-state index in [1.807, 2.05) is 54.6 Å². The molecule has 0 aliphatic carbocycles. The van der Waals surface area contributed by atoms with Crippen LogP contribution in [0.2, 0.25) is 0 Å². The van der Waals surface area contributed by atoms with Gasteiger partial charge in [-0.15, -0.1) is 0 Å². The molecular formula is C25H22N4O4S. The van der Waals surface area contributed by atoms with Crippen LogP contribution in [0.15, 0.2) is 87.5 Å². The van der Waals surface area contributed by atoms with E-state index >= 15 is 0 Å². The zero-order chi connectivity index (χ0) is 23.5. The number of para-hydroxylation sites is 1. The van der Waals surface area contributed by atoms with E-state index in [9.17, 15) is 9.59 Å². The summed E-state index contributed by atoms with van der Waals surface area (Å²) in [4.78, 5) is 29.4. The molecule has 2 aromatic carbocycles. The van der Waals surface area contributed by atoms with E-state index in [1.165, 1.54) is 11.8 Å². The summed E-state index contributed by atoms with van der Waals surface area (Å²) in [5, 5.41) is 9.21. The summed E-state index contributed by atoms with van der Waals surface area (Å²) in [7, 11) is 1.62. The fourth-order valence-corrected chi connectivity index (χ4v) is 4.92. The van der Waals surface area contributed by atoms with Crippen molar-refractivity contribution in [1.29, 1.82) is 0 Å². The Labute approximate surface area is 200 Å². The summed E-state index contributed by atoms with van der Waals surface area (Å²) in [6.07, 6.45) is 2.23. The Hall–Kier alpha value is -3.85. The maximum absolute atomic E-state index is 12.6. The minimum atomic E-state index is -0.601. The van der Waals surface area contributed by atoms with Crippen LogP contribution in [0.25, 0.3) is 0 Å². The van der Waals surface area contributed by atoms with E-state index in [1.54, 1.807) is 30.5 Å². The molecule has 2 amide bonds. The van der Waals surface area contributed by atoms with Gasteiger partial charge in [-0.3, -0.25) is 9.59 Å². The van der Waals surface area contributed by atoms with Crippen LogP contribution in [0.1, 0.15) is 30.2 Å². The zero-order valence-corrected chi connectivity index (χ0v) is 19.2. The summed E-state index contributed by atoms with van der Waals surface area (Å²) in [6.45, 7) is 0. The minimum absolute atomic E-state index is 0.0275. The largest absolute Gasteiger partial charge is 0.497 e. The van der Waals surface area contributed by atoms with Gasteiger partial charge in [0.05, 0.1) is 19.1 Å². The number of methoxy groups -OCH3 is 1. The maximum atomic E-state index is 12.6. The van der Waals surface area contributed by atoms with Gasteiger partial charge in [0.1, 0.15) is 22.8 Å². The SMILES string of the molecule is COc1ccc(C2=NN(C3=NC(=O)[C@@H](CC(=O)Nc4ccccc4)S3)[C@H](c3ccco3)C2)cc1. The van der Waals surface area contributed by atoms with Crippen LogP contribution in [0, 0.1) is 0 Å². The number of furan rings is 1. The van der Waals surface area contributed by atoms with Crippen molar-refractivity contribution in [3.63, 3.8) is 0 Å². The zero-order valence-electron chi connectivity index (χ0n) is 18.4. The number of amides is 2. The molecule has 3 aromatic rings. The third kappa shape index (κ3) is 4.60. The Morgan fingerprint density at radius 3 is 2.65 bits per heavy atom. The number of amidine groups is 1. The summed E-state index contributed by atoms with van der Waals surface area (Å²) >= 11 is 1.26. The number of hydrazone groups is 1. The molecule has 1 N–H and O–H groups in total. The topological polar surface area (TPSA) is 96.5 Å². The number of hydrogen-bond donors (Lipinski definition) is 1. The van der Waals surface area contributed by atoms with Crippen molar-refractivity contribution < 1.29 is 18.7 Å². The Morgan fingerprint density at radius 2 is 1.94 bits per heavy atom. The van der Waals surface area contributed by atoms with Gasteiger partial charge in [0.2, 0.25) is 5.91 Å². The third-order valence-electron chi connectivity index (χ3n) is 5.56. The third-order valence-corrected chi connectivity index (χ3v) is 6.70. The molecule has 0 saturated carbocycles. The van der Waals surface area contributed by atoms with Gasteiger partial charge in [0.25, 0.3) is 5.91 Å². The first kappa shape index (κ1) is 22.0. The van der Waals surface area contributed by atoms with E-state index in [0.29, 0.717) is 17.3 Å². The van der Waals surface area contributed by atoms with Gasteiger partial charge in [0, 0.05) is 18.5 Å². The van der Waals surface area contributed by atoms with Crippen molar-refractivity contribution in [3.8, 4) is 5.75 Å². The summed E-state index contributed by atoms with van der Waals surface area (Å²) < 4.78 is 10.9. The van der Waals surface area contributed by atoms with E-state index in [0.717, 1.165) is 22.8 Å². The van der Waals surface area contributed by atoms with Crippen molar-refractivity contribution in [3.05, 3.63) is 84.3 Å². The Kier molecular flexibility index (Phi) is 6.18. The molecule has 9 heteroatoms. The molecule has 8 nitrogen and oxygen atoms in total. The van der Waals surface area contributed by atoms with E-state index in [4.69, 9.17) is 14.3 Å². The second kappa shape index (κ2) is 9.56. The number of aliphatic imine (C=N–C) groups is 1. The molecule has 34 heavy (non-hydrogen) atoms. The molecule has 2 aliphatic rings. The van der Waals surface area contributed by atoms with Crippen LogP contribution >= 0.6 is 11.8 Å². The summed E-state index contributed by atoms with van der Waals surface area (Å²) in [5.74, 6) is 0.919. The van der Waals surface area contributed by atoms with Crippen molar-refractivity contribution in [2.75, 3.05) is 12.4 Å². The van der Waals surface area contributed by atoms with E-state index in [2.05, 4.69) is 10.3 Å². The molecule has 0 spiro atoms. The number of ether oxygens (including phenoxy) is 1. The molecule has 0 saturated heterocycles. The molecule has 2 aliphatic heterocycles. The summed E-state index contributed by atoms with van der Waals surface area (Å²) in [6, 6.07) is 20.3. The number of carbonyl (C=O) groups is 2. The molecule has 3 heterocycles. The lowest BCUT2D eigenvalue weighted by Gasteiger charge is -2.20. The highest BCUT2D eigenvalue weighted by atomic mass is 32.2. The van der Waals surface area contributed by atoms with Gasteiger partial charge in [-0.1, -0.05) is 30.0 Å². The fourth-order valence-electron chi connectivity index (χ4n) is 3.85. The second-order valence-electron chi connectivity index (χ2n) is 7.81. The fraction of sp³-hybridized carbons (Fsp3) is 0.200. The normalized spacial score (nSPS) is 19.7. The van der Waals surface area contributed by atoms with Gasteiger partial charge in [-0.25, -0.2) is 5.01 Å². The van der Waals surface area contributed by atoms with Crippen LogP contribution in [0.5, 0.6) is 5.75 Å². The highest BCUT2D eigenvalue weighted by Gasteiger charge is 2.40. The number of anilines is 1. The number of thioether (sulfide) groups is 1. The number of nitrogens with one attached hydrogen (secondary N) is 1. The first-order valence-corrected chi connectivity index (χ1v) is 11.7. The van der Waals surface area contributed by atoms with Crippen LogP contribution in [0.4, 0.5) is 5.69 Å². The Morgan fingerprint density at radius 1 is 1.15 bits per heavy atom. The molecule has 0 fully saturated rings. The van der Waals surface area contributed by atoms with E-state index < -0.39 is 5.25 Å². The number of hydrogen-bond acceptors (Lipinski definition) is 7. The second-order valence-corrected chi connectivity index (χ2v) is 8.98. The van der Waals surface area contributed by atoms with Crippen LogP contribution < -0.4 is 10.1 Å². The monoisotopic (exact) mass is 474 g/mol. The predicted octanol–water partition coefficient (Wildman–Crippen LogP) is 4.47. The first-order valence-electron chi connectivity index (χ1n) is 10.8. The van der Waals surface area contributed by atoms with Gasteiger partial charge in [-0.2, -0.15) is 10.1 Å². The highest BCUT2D eigenvalue weighted by molar-refractivity contribution is 8.15. The molecule has 0 unspecified atom stereocenters. The minimum Gasteiger partial charge on any atom is -0.497 e. The smallest absolute Gasteiger partial charge is 0.262 e. The van der Waals surface area contributed by atoms with Crippen LogP contribution in [-0.4, -0.2) is 40.1 Å². The van der Waals surface area contributed by atoms with Gasteiger partial charge < -0.3 is 14.5 Å². The standard InChI is InChI=1S/C25H22N4O4S/c1-32-18-11-9-16(10-12-18)19-14-20(21-8-5-13-33-21)29(28-19)25-27-24(31)22(34-25)15-23(30)26-17-6-3-2-4-7-17/h2-13,20,22H,14-15H2,1H3,(H,26,30)/t20-,22+/m0/s1. The van der Waals surface area contributed by atoms with Crippen molar-refractivity contribution >= 4 is 40.1 Å². The molecule has 0 radical (unpaired) electrons. The quantitative estimate of drug-likeness (QED) is 0.566. The Balaban J connectivity index is 1.33. The van der Waals surface area contributed by atoms with Gasteiger partial charge in [-0.05, 0) is 54.1 Å². The van der Waals surface area contributed by atoms with Crippen molar-refractivity contribution in [1.82, 2.24) is 5.01 Å². The highest BCUT2D eigenvalue weighted by Crippen LogP contribution is 2.38. The average molecular weight is 475 g/mol. The number of nitrogens with zero attached hydrogens (tertiary/aromatic N) is 3. The number of carbonyl (C=O) groups excluding carboxylic acids is 2. The molecule has 2 atom stereocenters. The van der Waals surface area contributed by atoms with Gasteiger partial charge >= 0.3 is 0 Å². The van der Waals surface area contributed by atoms with Crippen LogP contribution in [0.3, 0.4) is 0 Å². The van der Waals surface area contributed by atoms with Gasteiger partial charge in [0.15, 0.2) is 5.17 Å². The Bertz CT molecular complexity index is 1240. The van der Waals surface area contributed by atoms with Crippen molar-refractivity contribution in [2.45, 2.75) is 24.1 Å². The lowest BCUT2D eigenvalue weighted by Crippen LogP contribution is -2.24. The lowest BCUT2D eigenvalue weighted by atomic mass is 10.0. The molecule has 5 rings (SSSR count). The molecular weight excluding hydrogens is 452 g/mol. The maximum Gasteiger partial charge on any atom is 0.262 e. The molecule has 172 valence electrons. The number of rotatable bonds is 6. The molecule has 0 bridgehead atoms. The number of benzene rings is 2. The van der Waals surface area contributed by atoms with Crippen LogP contribution in [-0.2, 0) is 9.59 Å². The average Bonchev–Trinajstić information content (AvgIpc) is 3.60. The molecule has 1 aromatic heterocycles. The van der Waals surface area contributed by atoms with E-state index in [-0.39, 0.29) is 24.3 Å². The predicted molar refractivity (Wildman–Crippen MR) is 131 cm³/mol. The first-order chi connectivity index (χ1) is 16.6. The lowest BCUT2D eigenvalue weighted by molar-refractivity contribution is -0.121.